The minimum absolute atomic E-state index is 0.364. The van der Waals surface area contributed by atoms with Gasteiger partial charge in [0.25, 0.3) is 0 Å². The predicted octanol–water partition coefficient (Wildman–Crippen LogP) is 3.02. The van der Waals surface area contributed by atoms with Gasteiger partial charge in [0.2, 0.25) is 9.04 Å². The second-order valence-corrected chi connectivity index (χ2v) is 5.37. The van der Waals surface area contributed by atoms with Gasteiger partial charge in [0, 0.05) is 5.54 Å². The Morgan fingerprint density at radius 3 is 2.25 bits per heavy atom. The van der Waals surface area contributed by atoms with E-state index in [4.69, 9.17) is 4.43 Å². The van der Waals surface area contributed by atoms with Crippen LogP contribution in [0.1, 0.15) is 13.3 Å². The molecule has 0 bridgehead atoms. The molecule has 0 heterocycles. The third-order valence-corrected chi connectivity index (χ3v) is 4.91. The summed E-state index contributed by atoms with van der Waals surface area (Å²) in [6.45, 7) is 13.3. The molecule has 0 aliphatic rings. The lowest BCUT2D eigenvalue weighted by Gasteiger charge is -2.18. The highest BCUT2D eigenvalue weighted by atomic mass is 28.3. The molecule has 12 heavy (non-hydrogen) atoms. The van der Waals surface area contributed by atoms with Crippen LogP contribution in [0.15, 0.2) is 38.2 Å². The largest absolute Gasteiger partial charge is 0.551 e. The molecular formula is C10H18OSi. The molecule has 0 saturated heterocycles. The van der Waals surface area contributed by atoms with Gasteiger partial charge in [0.05, 0.1) is 6.26 Å². The van der Waals surface area contributed by atoms with Crippen molar-refractivity contribution in [1.82, 2.24) is 0 Å². The van der Waals surface area contributed by atoms with E-state index in [1.165, 1.54) is 0 Å². The van der Waals surface area contributed by atoms with Crippen LogP contribution in [0, 0.1) is 0 Å². The van der Waals surface area contributed by atoms with Crippen LogP contribution >= 0.6 is 0 Å². The van der Waals surface area contributed by atoms with Crippen molar-refractivity contribution in [3.8, 4) is 0 Å². The maximum Gasteiger partial charge on any atom is 0.245 e. The van der Waals surface area contributed by atoms with Crippen molar-refractivity contribution in [1.29, 1.82) is 0 Å². The molecule has 0 aromatic rings. The Balaban J connectivity index is 4.12. The van der Waals surface area contributed by atoms with Gasteiger partial charge in [0.15, 0.2) is 0 Å². The summed E-state index contributed by atoms with van der Waals surface area (Å²) >= 11 is 0. The summed E-state index contributed by atoms with van der Waals surface area (Å²) < 4.78 is 5.49. The molecule has 68 valence electrons. The summed E-state index contributed by atoms with van der Waals surface area (Å²) in [5, 5.41) is 0. The summed E-state index contributed by atoms with van der Waals surface area (Å²) in [7, 11) is -1.20. The lowest BCUT2D eigenvalue weighted by Crippen LogP contribution is -2.19. The van der Waals surface area contributed by atoms with Crippen LogP contribution in [-0.4, -0.2) is 9.04 Å². The smallest absolute Gasteiger partial charge is 0.245 e. The van der Waals surface area contributed by atoms with Crippen molar-refractivity contribution in [3.05, 3.63) is 38.2 Å². The normalized spacial score (nSPS) is 12.2. The number of hydrogen-bond acceptors (Lipinski definition) is 1. The van der Waals surface area contributed by atoms with Gasteiger partial charge < -0.3 is 4.43 Å². The third-order valence-electron chi connectivity index (χ3n) is 1.82. The highest BCUT2D eigenvalue weighted by Gasteiger charge is 2.18. The zero-order valence-corrected chi connectivity index (χ0v) is 8.99. The third kappa shape index (κ3) is 3.58. The molecule has 0 aromatic carbocycles. The van der Waals surface area contributed by atoms with Gasteiger partial charge in [-0.05, 0) is 6.04 Å². The van der Waals surface area contributed by atoms with Crippen LogP contribution in [0.25, 0.3) is 0 Å². The van der Waals surface area contributed by atoms with E-state index >= 15 is 0 Å². The van der Waals surface area contributed by atoms with E-state index in [-0.39, 0.29) is 0 Å². The first-order valence-corrected chi connectivity index (χ1v) is 6.27. The number of hydrogen-bond donors (Lipinski definition) is 0. The fourth-order valence-corrected chi connectivity index (χ4v) is 3.28. The Labute approximate surface area is 77.2 Å². The van der Waals surface area contributed by atoms with Crippen LogP contribution in [0.2, 0.25) is 11.6 Å². The van der Waals surface area contributed by atoms with Crippen LogP contribution in [0.5, 0.6) is 0 Å². The minimum Gasteiger partial charge on any atom is -0.551 e. The van der Waals surface area contributed by atoms with Crippen molar-refractivity contribution < 1.29 is 4.43 Å². The Morgan fingerprint density at radius 2 is 1.92 bits per heavy atom. The van der Waals surface area contributed by atoms with Crippen molar-refractivity contribution in [2.45, 2.75) is 24.9 Å². The first-order chi connectivity index (χ1) is 5.79. The summed E-state index contributed by atoms with van der Waals surface area (Å²) in [4.78, 5) is 0. The first-order valence-electron chi connectivity index (χ1n) is 4.31. The fraction of sp³-hybridized carbons (Fsp3) is 0.400. The molecule has 1 unspecified atom stereocenters. The maximum absolute atomic E-state index is 5.49. The summed E-state index contributed by atoms with van der Waals surface area (Å²) in [6, 6.07) is 1.15. The van der Waals surface area contributed by atoms with Crippen molar-refractivity contribution >= 4 is 9.04 Å². The van der Waals surface area contributed by atoms with Crippen LogP contribution in [0.4, 0.5) is 0 Å². The molecule has 2 heteroatoms. The first kappa shape index (κ1) is 11.2. The number of rotatable bonds is 7. The maximum atomic E-state index is 5.49. The van der Waals surface area contributed by atoms with Gasteiger partial charge in [-0.2, -0.15) is 0 Å². The molecule has 0 aliphatic heterocycles. The lowest BCUT2D eigenvalue weighted by atomic mass is 10.4. The monoisotopic (exact) mass is 182 g/mol. The minimum atomic E-state index is -1.20. The second-order valence-electron chi connectivity index (χ2n) is 2.68. The molecule has 0 saturated carbocycles. The summed E-state index contributed by atoms with van der Waals surface area (Å²) in [5.41, 5.74) is 0.364. The zero-order chi connectivity index (χ0) is 9.40. The molecule has 0 radical (unpaired) electrons. The van der Waals surface area contributed by atoms with E-state index < -0.39 is 9.04 Å². The van der Waals surface area contributed by atoms with Gasteiger partial charge in [-0.25, -0.2) is 0 Å². The Bertz CT molecular complexity index is 146. The van der Waals surface area contributed by atoms with Crippen molar-refractivity contribution in [2.24, 2.45) is 0 Å². The topological polar surface area (TPSA) is 9.23 Å². The lowest BCUT2D eigenvalue weighted by molar-refractivity contribution is 0.484. The molecule has 0 aliphatic carbocycles. The predicted molar refractivity (Wildman–Crippen MR) is 57.7 cm³/mol. The average Bonchev–Trinajstić information content (AvgIpc) is 2.07. The Hall–Kier alpha value is -0.763. The van der Waals surface area contributed by atoms with Gasteiger partial charge in [-0.3, -0.25) is 0 Å². The molecule has 0 fully saturated rings. The van der Waals surface area contributed by atoms with E-state index in [9.17, 15) is 0 Å². The molecule has 0 rings (SSSR count). The second kappa shape index (κ2) is 6.92. The highest BCUT2D eigenvalue weighted by Crippen LogP contribution is 2.18. The van der Waals surface area contributed by atoms with E-state index in [1.54, 1.807) is 6.26 Å². The summed E-state index contributed by atoms with van der Waals surface area (Å²) in [6.07, 6.45) is 6.54. The SMILES string of the molecule is C=CO[SiH](CCC)C(C=C)C=C. The van der Waals surface area contributed by atoms with Gasteiger partial charge in [-0.1, -0.05) is 32.1 Å². The van der Waals surface area contributed by atoms with Crippen LogP contribution in [0.3, 0.4) is 0 Å². The molecule has 0 N–H and O–H groups in total. The molecule has 0 amide bonds. The molecule has 1 nitrogen and oxygen atoms in total. The van der Waals surface area contributed by atoms with Crippen LogP contribution < -0.4 is 0 Å². The van der Waals surface area contributed by atoms with E-state index in [1.807, 2.05) is 12.2 Å². The van der Waals surface area contributed by atoms with Gasteiger partial charge in [0.1, 0.15) is 0 Å². The Morgan fingerprint density at radius 1 is 1.33 bits per heavy atom. The van der Waals surface area contributed by atoms with Crippen LogP contribution in [-0.2, 0) is 4.43 Å². The standard InChI is InChI=1S/C10H18OSi/c1-5-9-12(11-8-4)10(6-2)7-3/h6-8,10,12H,2-5,9H2,1H3. The highest BCUT2D eigenvalue weighted by molar-refractivity contribution is 6.55. The van der Waals surface area contributed by atoms with E-state index in [0.29, 0.717) is 5.54 Å². The van der Waals surface area contributed by atoms with E-state index in [0.717, 1.165) is 12.5 Å². The average molecular weight is 182 g/mol. The molecule has 0 aromatic heterocycles. The summed E-state index contributed by atoms with van der Waals surface area (Å²) in [5.74, 6) is 0. The fourth-order valence-electron chi connectivity index (χ4n) is 1.16. The van der Waals surface area contributed by atoms with Gasteiger partial charge in [-0.15, -0.1) is 13.2 Å². The molecule has 1 atom stereocenters. The van der Waals surface area contributed by atoms with Crippen molar-refractivity contribution in [3.63, 3.8) is 0 Å². The Kier molecular flexibility index (Phi) is 6.48. The molecular weight excluding hydrogens is 164 g/mol. The molecule has 0 spiro atoms. The van der Waals surface area contributed by atoms with E-state index in [2.05, 4.69) is 26.7 Å². The van der Waals surface area contributed by atoms with Crippen molar-refractivity contribution in [2.75, 3.05) is 0 Å². The quantitative estimate of drug-likeness (QED) is 0.334. The van der Waals surface area contributed by atoms with Gasteiger partial charge >= 0.3 is 0 Å². The number of allylic oxidation sites excluding steroid dienone is 2. The zero-order valence-electron chi connectivity index (χ0n) is 7.83.